The van der Waals surface area contributed by atoms with Crippen LogP contribution in [-0.4, -0.2) is 12.4 Å². The molecule has 0 unspecified atom stereocenters. The third-order valence-electron chi connectivity index (χ3n) is 4.62. The molecule has 3 aromatic carbocycles. The van der Waals surface area contributed by atoms with Gasteiger partial charge in [0, 0.05) is 5.56 Å². The van der Waals surface area contributed by atoms with Crippen molar-refractivity contribution >= 4 is 11.9 Å². The van der Waals surface area contributed by atoms with Gasteiger partial charge in [0.05, 0.1) is 0 Å². The summed E-state index contributed by atoms with van der Waals surface area (Å²) < 4.78 is 28.6. The van der Waals surface area contributed by atoms with Gasteiger partial charge in [0.15, 0.2) is 5.78 Å². The highest BCUT2D eigenvalue weighted by Crippen LogP contribution is 2.36. The van der Waals surface area contributed by atoms with E-state index in [-0.39, 0.29) is 11.5 Å². The molecule has 0 bridgehead atoms. The van der Waals surface area contributed by atoms with Crippen LogP contribution < -0.4 is 4.74 Å². The molecule has 0 saturated heterocycles. The Morgan fingerprint density at radius 1 is 0.926 bits per heavy atom. The van der Waals surface area contributed by atoms with Gasteiger partial charge in [0.25, 0.3) is 0 Å². The predicted octanol–water partition coefficient (Wildman–Crippen LogP) is 5.76. The normalized spacial score (nSPS) is 12.3. The lowest BCUT2D eigenvalue weighted by atomic mass is 10.0. The van der Waals surface area contributed by atoms with Crippen molar-refractivity contribution in [1.29, 1.82) is 0 Å². The van der Waals surface area contributed by atoms with E-state index in [4.69, 9.17) is 0 Å². The number of ether oxygens (including phenoxy) is 1. The number of carbonyl (C=O) groups excluding carboxylic acids is 1. The molecule has 0 aliphatic heterocycles. The number of hydrogen-bond donors (Lipinski definition) is 0. The molecule has 0 heterocycles. The molecule has 1 aliphatic carbocycles. The summed E-state index contributed by atoms with van der Waals surface area (Å²) in [4.78, 5) is 12.5. The molecule has 27 heavy (non-hydrogen) atoms. The summed E-state index contributed by atoms with van der Waals surface area (Å²) in [5, 5.41) is 0. The maximum absolute atomic E-state index is 12.5. The van der Waals surface area contributed by atoms with Crippen molar-refractivity contribution in [3.05, 3.63) is 95.1 Å². The fourth-order valence-corrected chi connectivity index (χ4v) is 3.31. The highest BCUT2D eigenvalue weighted by molar-refractivity contribution is 6.07. The molecular formula is C23H16F2O2. The van der Waals surface area contributed by atoms with Crippen molar-refractivity contribution in [3.8, 4) is 16.9 Å². The standard InChI is InChI=1S/C23H16F2O2/c24-23(25)27-19-10-5-15(6-11-19)7-12-22(26)18-9-8-17-13-16-3-1-2-4-20(16)21(17)14-18/h1-12,14,23H,13H2/b12-7+. The summed E-state index contributed by atoms with van der Waals surface area (Å²) >= 11 is 0. The van der Waals surface area contributed by atoms with Crippen LogP contribution >= 0.6 is 0 Å². The van der Waals surface area contributed by atoms with Crippen LogP contribution in [-0.2, 0) is 6.42 Å². The second kappa shape index (κ2) is 7.16. The number of rotatable bonds is 5. The van der Waals surface area contributed by atoms with Crippen molar-refractivity contribution in [2.75, 3.05) is 0 Å². The molecule has 0 fully saturated rings. The number of allylic oxidation sites excluding steroid dienone is 1. The molecule has 3 aromatic rings. The zero-order valence-electron chi connectivity index (χ0n) is 14.4. The van der Waals surface area contributed by atoms with Gasteiger partial charge in [-0.1, -0.05) is 54.6 Å². The summed E-state index contributed by atoms with van der Waals surface area (Å²) in [6.45, 7) is -2.85. The molecule has 0 aromatic heterocycles. The van der Waals surface area contributed by atoms with Crippen molar-refractivity contribution in [2.24, 2.45) is 0 Å². The minimum atomic E-state index is -2.85. The topological polar surface area (TPSA) is 26.3 Å². The maximum atomic E-state index is 12.5. The lowest BCUT2D eigenvalue weighted by Crippen LogP contribution is -2.01. The van der Waals surface area contributed by atoms with Gasteiger partial charge in [-0.2, -0.15) is 8.78 Å². The van der Waals surface area contributed by atoms with Crippen LogP contribution in [0, 0.1) is 0 Å². The SMILES string of the molecule is O=C(/C=C/c1ccc(OC(F)F)cc1)c1ccc2c(c1)-c1ccccc1C2. The Morgan fingerprint density at radius 3 is 2.44 bits per heavy atom. The van der Waals surface area contributed by atoms with E-state index >= 15 is 0 Å². The molecule has 2 nitrogen and oxygen atoms in total. The van der Waals surface area contributed by atoms with Gasteiger partial charge in [0.1, 0.15) is 5.75 Å². The van der Waals surface area contributed by atoms with Gasteiger partial charge < -0.3 is 4.74 Å². The number of alkyl halides is 2. The van der Waals surface area contributed by atoms with E-state index in [0.717, 1.165) is 17.5 Å². The van der Waals surface area contributed by atoms with Crippen LogP contribution in [0.1, 0.15) is 27.0 Å². The first-order valence-corrected chi connectivity index (χ1v) is 8.58. The van der Waals surface area contributed by atoms with Crippen LogP contribution in [0.25, 0.3) is 17.2 Å². The summed E-state index contributed by atoms with van der Waals surface area (Å²) in [5.74, 6) is -0.0131. The first kappa shape index (κ1) is 17.2. The van der Waals surface area contributed by atoms with Crippen LogP contribution in [0.5, 0.6) is 5.75 Å². The molecule has 4 heteroatoms. The first-order chi connectivity index (χ1) is 13.1. The summed E-state index contributed by atoms with van der Waals surface area (Å²) in [5.41, 5.74) is 6.15. The van der Waals surface area contributed by atoms with Crippen LogP contribution in [0.15, 0.2) is 72.8 Å². The molecule has 1 aliphatic rings. The fourth-order valence-electron chi connectivity index (χ4n) is 3.31. The van der Waals surface area contributed by atoms with Gasteiger partial charge in [-0.3, -0.25) is 4.79 Å². The number of benzene rings is 3. The van der Waals surface area contributed by atoms with E-state index < -0.39 is 6.61 Å². The number of hydrogen-bond acceptors (Lipinski definition) is 2. The van der Waals surface area contributed by atoms with Gasteiger partial charge in [-0.15, -0.1) is 0 Å². The maximum Gasteiger partial charge on any atom is 0.387 e. The molecule has 0 amide bonds. The Hall–Kier alpha value is -3.27. The Morgan fingerprint density at radius 2 is 1.67 bits per heavy atom. The van der Waals surface area contributed by atoms with E-state index in [9.17, 15) is 13.6 Å². The lowest BCUT2D eigenvalue weighted by molar-refractivity contribution is -0.0498. The predicted molar refractivity (Wildman–Crippen MR) is 101 cm³/mol. The first-order valence-electron chi connectivity index (χ1n) is 8.58. The zero-order valence-corrected chi connectivity index (χ0v) is 14.4. The zero-order chi connectivity index (χ0) is 18.8. The molecule has 0 N–H and O–H groups in total. The van der Waals surface area contributed by atoms with Gasteiger partial charge in [0.2, 0.25) is 0 Å². The summed E-state index contributed by atoms with van der Waals surface area (Å²) in [6, 6.07) is 20.1. The van der Waals surface area contributed by atoms with E-state index in [1.165, 1.54) is 34.9 Å². The van der Waals surface area contributed by atoms with Crippen molar-refractivity contribution in [1.82, 2.24) is 0 Å². The third-order valence-corrected chi connectivity index (χ3v) is 4.62. The Bertz CT molecular complexity index is 1020. The van der Waals surface area contributed by atoms with Gasteiger partial charge in [-0.05, 0) is 58.5 Å². The third kappa shape index (κ3) is 3.65. The number of carbonyl (C=O) groups is 1. The second-order valence-corrected chi connectivity index (χ2v) is 6.35. The Kier molecular flexibility index (Phi) is 4.55. The van der Waals surface area contributed by atoms with E-state index in [1.807, 2.05) is 30.3 Å². The number of fused-ring (bicyclic) bond motifs is 3. The minimum Gasteiger partial charge on any atom is -0.435 e. The molecule has 0 saturated carbocycles. The summed E-state index contributed by atoms with van der Waals surface area (Å²) in [6.07, 6.45) is 4.05. The van der Waals surface area contributed by atoms with Crippen LogP contribution in [0.3, 0.4) is 0 Å². The van der Waals surface area contributed by atoms with E-state index in [0.29, 0.717) is 5.56 Å². The largest absolute Gasteiger partial charge is 0.435 e. The van der Waals surface area contributed by atoms with Crippen LogP contribution in [0.4, 0.5) is 8.78 Å². The molecular weight excluding hydrogens is 346 g/mol. The Labute approximate surface area is 155 Å². The molecule has 134 valence electrons. The minimum absolute atomic E-state index is 0.0887. The van der Waals surface area contributed by atoms with Crippen molar-refractivity contribution in [2.45, 2.75) is 13.0 Å². The highest BCUT2D eigenvalue weighted by atomic mass is 19.3. The molecule has 0 radical (unpaired) electrons. The smallest absolute Gasteiger partial charge is 0.387 e. The van der Waals surface area contributed by atoms with Crippen molar-refractivity contribution < 1.29 is 18.3 Å². The molecule has 0 atom stereocenters. The fraction of sp³-hybridized carbons (Fsp3) is 0.0870. The second-order valence-electron chi connectivity index (χ2n) is 6.35. The Balaban J connectivity index is 1.52. The molecule has 0 spiro atoms. The van der Waals surface area contributed by atoms with Gasteiger partial charge >= 0.3 is 6.61 Å². The number of ketones is 1. The van der Waals surface area contributed by atoms with Gasteiger partial charge in [-0.25, -0.2) is 0 Å². The average Bonchev–Trinajstić information content (AvgIpc) is 3.04. The quantitative estimate of drug-likeness (QED) is 0.333. The molecule has 4 rings (SSSR count). The summed E-state index contributed by atoms with van der Waals surface area (Å²) in [7, 11) is 0. The van der Waals surface area contributed by atoms with E-state index in [1.54, 1.807) is 18.2 Å². The average molecular weight is 362 g/mol. The van der Waals surface area contributed by atoms with Crippen molar-refractivity contribution in [3.63, 3.8) is 0 Å². The lowest BCUT2D eigenvalue weighted by Gasteiger charge is -2.04. The van der Waals surface area contributed by atoms with E-state index in [2.05, 4.69) is 16.9 Å². The number of halogens is 2. The van der Waals surface area contributed by atoms with Crippen LogP contribution in [0.2, 0.25) is 0 Å². The monoisotopic (exact) mass is 362 g/mol. The highest BCUT2D eigenvalue weighted by Gasteiger charge is 2.18.